The van der Waals surface area contributed by atoms with Crippen LogP contribution in [0.5, 0.6) is 0 Å². The lowest BCUT2D eigenvalue weighted by atomic mass is 10.2. The van der Waals surface area contributed by atoms with E-state index in [-0.39, 0.29) is 5.91 Å². The molecule has 0 fully saturated rings. The number of thiophene rings is 2. The van der Waals surface area contributed by atoms with Gasteiger partial charge >= 0.3 is 0 Å². The van der Waals surface area contributed by atoms with Gasteiger partial charge in [-0.15, -0.1) is 22.7 Å². The van der Waals surface area contributed by atoms with Gasteiger partial charge in [0.1, 0.15) is 4.88 Å². The average molecular weight is 402 g/mol. The van der Waals surface area contributed by atoms with Gasteiger partial charge in [0.2, 0.25) is 0 Å². The highest BCUT2D eigenvalue weighted by molar-refractivity contribution is 9.10. The predicted octanol–water partition coefficient (Wildman–Crippen LogP) is 4.89. The van der Waals surface area contributed by atoms with Crippen LogP contribution in [0.1, 0.15) is 14.5 Å². The minimum Gasteiger partial charge on any atom is -0.397 e. The van der Waals surface area contributed by atoms with Crippen molar-refractivity contribution < 1.29 is 4.79 Å². The maximum absolute atomic E-state index is 12.3. The molecule has 3 aromatic rings. The molecule has 3 N–H and O–H groups in total. The molecule has 0 spiro atoms. The zero-order valence-corrected chi connectivity index (χ0v) is 14.6. The first-order chi connectivity index (χ1) is 10.0. The molecule has 2 aromatic heterocycles. The maximum Gasteiger partial charge on any atom is 0.263 e. The number of nitrogens with one attached hydrogen (secondary N) is 1. The third kappa shape index (κ3) is 3.08. The smallest absolute Gasteiger partial charge is 0.263 e. The second-order valence-electron chi connectivity index (χ2n) is 4.40. The third-order valence-electron chi connectivity index (χ3n) is 2.94. The van der Waals surface area contributed by atoms with Gasteiger partial charge in [-0.3, -0.25) is 4.79 Å². The molecule has 21 heavy (non-hydrogen) atoms. The van der Waals surface area contributed by atoms with Gasteiger partial charge in [-0.1, -0.05) is 11.6 Å². The Kier molecular flexibility index (Phi) is 4.21. The van der Waals surface area contributed by atoms with Crippen molar-refractivity contribution in [1.82, 2.24) is 5.32 Å². The van der Waals surface area contributed by atoms with E-state index < -0.39 is 0 Å². The van der Waals surface area contributed by atoms with Crippen LogP contribution in [0.3, 0.4) is 0 Å². The fourth-order valence-corrected chi connectivity index (χ4v) is 4.66. The molecule has 108 valence electrons. The predicted molar refractivity (Wildman–Crippen MR) is 94.4 cm³/mol. The van der Waals surface area contributed by atoms with Crippen LogP contribution in [-0.2, 0) is 6.54 Å². The summed E-state index contributed by atoms with van der Waals surface area (Å²) in [6.07, 6.45) is 0. The first-order valence-corrected chi connectivity index (χ1v) is 8.90. The lowest BCUT2D eigenvalue weighted by Crippen LogP contribution is -2.22. The number of nitrogens with two attached hydrogens (primary N) is 1. The molecular weight excluding hydrogens is 392 g/mol. The highest BCUT2D eigenvalue weighted by Crippen LogP contribution is 2.35. The number of carbonyl (C=O) groups excluding carboxylic acids is 1. The Morgan fingerprint density at radius 3 is 2.90 bits per heavy atom. The number of hydrogen-bond acceptors (Lipinski definition) is 4. The van der Waals surface area contributed by atoms with Gasteiger partial charge in [0, 0.05) is 29.8 Å². The van der Waals surface area contributed by atoms with Crippen LogP contribution < -0.4 is 11.1 Å². The van der Waals surface area contributed by atoms with E-state index in [1.807, 2.05) is 23.6 Å². The van der Waals surface area contributed by atoms with E-state index in [4.69, 9.17) is 17.3 Å². The van der Waals surface area contributed by atoms with Gasteiger partial charge in [-0.2, -0.15) is 0 Å². The highest BCUT2D eigenvalue weighted by Gasteiger charge is 2.16. The number of nitrogen functional groups attached to an aromatic ring is 1. The van der Waals surface area contributed by atoms with Crippen molar-refractivity contribution in [3.8, 4) is 0 Å². The quantitative estimate of drug-likeness (QED) is 0.656. The van der Waals surface area contributed by atoms with Crippen molar-refractivity contribution in [2.24, 2.45) is 0 Å². The molecule has 1 amide bonds. The van der Waals surface area contributed by atoms with Gasteiger partial charge in [0.05, 0.1) is 12.2 Å². The van der Waals surface area contributed by atoms with Crippen LogP contribution in [-0.4, -0.2) is 5.91 Å². The Morgan fingerprint density at radius 1 is 1.38 bits per heavy atom. The molecule has 0 aliphatic rings. The summed E-state index contributed by atoms with van der Waals surface area (Å²) < 4.78 is 1.94. The molecule has 3 rings (SSSR count). The van der Waals surface area contributed by atoms with Gasteiger partial charge < -0.3 is 11.1 Å². The van der Waals surface area contributed by atoms with Crippen molar-refractivity contribution in [2.45, 2.75) is 6.54 Å². The second-order valence-corrected chi connectivity index (χ2v) is 7.80. The number of anilines is 1. The molecule has 7 heteroatoms. The van der Waals surface area contributed by atoms with Crippen LogP contribution >= 0.6 is 50.2 Å². The molecule has 0 aliphatic carbocycles. The average Bonchev–Trinajstić information content (AvgIpc) is 3.00. The van der Waals surface area contributed by atoms with E-state index in [1.165, 1.54) is 11.3 Å². The van der Waals surface area contributed by atoms with Crippen LogP contribution in [0.25, 0.3) is 10.1 Å². The number of halogens is 2. The van der Waals surface area contributed by atoms with Crippen molar-refractivity contribution >= 4 is 71.9 Å². The fraction of sp³-hybridized carbons (Fsp3) is 0.0714. The van der Waals surface area contributed by atoms with Crippen molar-refractivity contribution in [1.29, 1.82) is 0 Å². The van der Waals surface area contributed by atoms with Crippen molar-refractivity contribution in [3.05, 3.63) is 48.9 Å². The van der Waals surface area contributed by atoms with Crippen molar-refractivity contribution in [3.63, 3.8) is 0 Å². The lowest BCUT2D eigenvalue weighted by molar-refractivity contribution is 0.0956. The Hall–Kier alpha value is -1.08. The largest absolute Gasteiger partial charge is 0.397 e. The summed E-state index contributed by atoms with van der Waals surface area (Å²) in [5.74, 6) is -0.158. The zero-order chi connectivity index (χ0) is 15.0. The topological polar surface area (TPSA) is 55.1 Å². The zero-order valence-electron chi connectivity index (χ0n) is 10.7. The normalized spacial score (nSPS) is 11.0. The Labute approximate surface area is 142 Å². The number of hydrogen-bond donors (Lipinski definition) is 2. The molecule has 1 aromatic carbocycles. The third-order valence-corrected chi connectivity index (χ3v) is 6.04. The lowest BCUT2D eigenvalue weighted by Gasteiger charge is -2.02. The van der Waals surface area contributed by atoms with Crippen LogP contribution in [0.4, 0.5) is 5.69 Å². The molecular formula is C14H10BrClN2OS2. The molecule has 0 bridgehead atoms. The van der Waals surface area contributed by atoms with E-state index in [0.717, 1.165) is 19.4 Å². The first kappa shape index (κ1) is 14.8. The summed E-state index contributed by atoms with van der Waals surface area (Å²) in [7, 11) is 0. The molecule has 0 saturated heterocycles. The summed E-state index contributed by atoms with van der Waals surface area (Å²) in [5.41, 5.74) is 6.58. The fourth-order valence-electron chi connectivity index (χ4n) is 1.95. The van der Waals surface area contributed by atoms with Crippen LogP contribution in [0.15, 0.2) is 34.1 Å². The minimum atomic E-state index is -0.158. The van der Waals surface area contributed by atoms with Gasteiger partial charge in [-0.25, -0.2) is 0 Å². The summed E-state index contributed by atoms with van der Waals surface area (Å²) in [5, 5.41) is 6.38. The van der Waals surface area contributed by atoms with E-state index in [0.29, 0.717) is 22.1 Å². The highest BCUT2D eigenvalue weighted by atomic mass is 79.9. The molecule has 0 unspecified atom stereocenters. The monoisotopic (exact) mass is 400 g/mol. The Morgan fingerprint density at radius 2 is 2.19 bits per heavy atom. The summed E-state index contributed by atoms with van der Waals surface area (Å²) >= 11 is 12.3. The molecule has 2 heterocycles. The summed E-state index contributed by atoms with van der Waals surface area (Å²) in [6, 6.07) is 7.43. The second kappa shape index (κ2) is 5.96. The van der Waals surface area contributed by atoms with E-state index >= 15 is 0 Å². The van der Waals surface area contributed by atoms with E-state index in [2.05, 4.69) is 21.2 Å². The van der Waals surface area contributed by atoms with Gasteiger partial charge in [0.25, 0.3) is 5.91 Å². The standard InChI is InChI=1S/C14H10BrClN2OS2/c15-7-3-9(20-6-7)5-18-14(19)13-12(17)10-2-1-8(16)4-11(10)21-13/h1-4,6H,5,17H2,(H,18,19). The Bertz CT molecular complexity index is 828. The first-order valence-electron chi connectivity index (χ1n) is 6.03. The van der Waals surface area contributed by atoms with Crippen LogP contribution in [0.2, 0.25) is 5.02 Å². The van der Waals surface area contributed by atoms with Gasteiger partial charge in [-0.05, 0) is 40.2 Å². The molecule has 0 atom stereocenters. The van der Waals surface area contributed by atoms with E-state index in [9.17, 15) is 4.79 Å². The number of benzene rings is 1. The van der Waals surface area contributed by atoms with Crippen LogP contribution in [0, 0.1) is 0 Å². The number of amides is 1. The molecule has 0 radical (unpaired) electrons. The number of carbonyl (C=O) groups is 1. The van der Waals surface area contributed by atoms with Gasteiger partial charge in [0.15, 0.2) is 0 Å². The SMILES string of the molecule is Nc1c(C(=O)NCc2cc(Br)cs2)sc2cc(Cl)ccc12. The number of rotatable bonds is 3. The molecule has 0 aliphatic heterocycles. The Balaban J connectivity index is 1.82. The summed E-state index contributed by atoms with van der Waals surface area (Å²) in [4.78, 5) is 13.9. The minimum absolute atomic E-state index is 0.158. The number of fused-ring (bicyclic) bond motifs is 1. The maximum atomic E-state index is 12.3. The molecule has 3 nitrogen and oxygen atoms in total. The molecule has 0 saturated carbocycles. The van der Waals surface area contributed by atoms with Crippen molar-refractivity contribution in [2.75, 3.05) is 5.73 Å². The van der Waals surface area contributed by atoms with E-state index in [1.54, 1.807) is 17.4 Å². The summed E-state index contributed by atoms with van der Waals surface area (Å²) in [6.45, 7) is 0.490.